The highest BCUT2D eigenvalue weighted by Crippen LogP contribution is 2.23. The summed E-state index contributed by atoms with van der Waals surface area (Å²) in [7, 11) is 0. The molecule has 0 saturated carbocycles. The Morgan fingerprint density at radius 3 is 2.59 bits per heavy atom. The summed E-state index contributed by atoms with van der Waals surface area (Å²) in [5, 5.41) is 14.7. The first kappa shape index (κ1) is 15.4. The molecule has 0 amide bonds. The van der Waals surface area contributed by atoms with Crippen LogP contribution in [0.1, 0.15) is 5.56 Å². The van der Waals surface area contributed by atoms with E-state index in [2.05, 4.69) is 15.3 Å². The van der Waals surface area contributed by atoms with E-state index in [0.717, 1.165) is 0 Å². The minimum absolute atomic E-state index is 0.0365. The average Bonchev–Trinajstić information content (AvgIpc) is 2.49. The molecule has 1 N–H and O–H groups in total. The van der Waals surface area contributed by atoms with Crippen molar-refractivity contribution in [3.8, 4) is 5.75 Å². The molecule has 2 aromatic carbocycles. The largest absolute Gasteiger partial charge is 0.434 e. The molecule has 2 aromatic rings. The molecule has 2 rings (SSSR count). The van der Waals surface area contributed by atoms with E-state index in [0.29, 0.717) is 5.56 Å². The van der Waals surface area contributed by atoms with Crippen molar-refractivity contribution in [2.45, 2.75) is 6.61 Å². The van der Waals surface area contributed by atoms with Crippen molar-refractivity contribution in [2.75, 3.05) is 5.43 Å². The highest BCUT2D eigenvalue weighted by Gasteiger charge is 2.11. The topological polar surface area (TPSA) is 76.8 Å². The van der Waals surface area contributed by atoms with E-state index in [9.17, 15) is 18.9 Å². The van der Waals surface area contributed by atoms with Gasteiger partial charge in [-0.25, -0.2) is 0 Å². The second kappa shape index (κ2) is 7.11. The lowest BCUT2D eigenvalue weighted by atomic mass is 10.2. The normalized spacial score (nSPS) is 10.9. The second-order valence-electron chi connectivity index (χ2n) is 4.06. The van der Waals surface area contributed by atoms with Crippen molar-refractivity contribution in [3.63, 3.8) is 0 Å². The molecule has 0 bridgehead atoms. The Morgan fingerprint density at radius 2 is 1.86 bits per heavy atom. The summed E-state index contributed by atoms with van der Waals surface area (Å²) in [6.45, 7) is -2.95. The second-order valence-corrected chi connectivity index (χ2v) is 4.06. The Balaban J connectivity index is 2.15. The van der Waals surface area contributed by atoms with Crippen LogP contribution >= 0.6 is 0 Å². The van der Waals surface area contributed by atoms with E-state index in [1.807, 2.05) is 0 Å². The van der Waals surface area contributed by atoms with Gasteiger partial charge in [-0.05, 0) is 18.2 Å². The number of hydrazone groups is 1. The van der Waals surface area contributed by atoms with E-state index in [1.54, 1.807) is 18.2 Å². The molecule has 0 heterocycles. The van der Waals surface area contributed by atoms with Crippen LogP contribution in [0.15, 0.2) is 53.6 Å². The summed E-state index contributed by atoms with van der Waals surface area (Å²) in [6, 6.07) is 12.0. The van der Waals surface area contributed by atoms with Gasteiger partial charge in [0.05, 0.1) is 11.1 Å². The van der Waals surface area contributed by atoms with Gasteiger partial charge in [0, 0.05) is 11.6 Å². The van der Waals surface area contributed by atoms with Crippen molar-refractivity contribution in [3.05, 3.63) is 64.2 Å². The van der Waals surface area contributed by atoms with Crippen LogP contribution in [0.25, 0.3) is 0 Å². The third-order valence-corrected chi connectivity index (χ3v) is 2.62. The number of hydrogen-bond donors (Lipinski definition) is 1. The standard InChI is InChI=1S/C14H11F2N3O3/c15-14(16)22-13-8-4-1-5-10(13)9-17-18-11-6-2-3-7-12(11)19(20)21/h1-9,14,18H/b17-9-. The van der Waals surface area contributed by atoms with E-state index in [4.69, 9.17) is 0 Å². The lowest BCUT2D eigenvalue weighted by molar-refractivity contribution is -0.384. The molecule has 0 radical (unpaired) electrons. The Kier molecular flexibility index (Phi) is 4.97. The molecule has 0 atom stereocenters. The average molecular weight is 307 g/mol. The smallest absolute Gasteiger partial charge is 0.387 e. The summed E-state index contributed by atoms with van der Waals surface area (Å²) >= 11 is 0. The van der Waals surface area contributed by atoms with Gasteiger partial charge in [0.2, 0.25) is 0 Å². The van der Waals surface area contributed by atoms with Crippen molar-refractivity contribution in [1.82, 2.24) is 0 Å². The van der Waals surface area contributed by atoms with Gasteiger partial charge in [0.15, 0.2) is 0 Å². The number of ether oxygens (including phenoxy) is 1. The molecule has 6 nitrogen and oxygen atoms in total. The van der Waals surface area contributed by atoms with Gasteiger partial charge in [-0.15, -0.1) is 0 Å². The van der Waals surface area contributed by atoms with Gasteiger partial charge in [0.25, 0.3) is 5.69 Å². The Bertz CT molecular complexity index is 693. The molecule has 22 heavy (non-hydrogen) atoms. The molecule has 0 aliphatic carbocycles. The highest BCUT2D eigenvalue weighted by molar-refractivity contribution is 5.84. The maximum atomic E-state index is 12.3. The number of anilines is 1. The summed E-state index contributed by atoms with van der Waals surface area (Å²) < 4.78 is 28.9. The van der Waals surface area contributed by atoms with Crippen LogP contribution in [0.5, 0.6) is 5.75 Å². The number of benzene rings is 2. The first-order valence-electron chi connectivity index (χ1n) is 6.14. The maximum absolute atomic E-state index is 12.3. The third kappa shape index (κ3) is 3.98. The number of nitro benzene ring substituents is 1. The zero-order chi connectivity index (χ0) is 15.9. The summed E-state index contributed by atoms with van der Waals surface area (Å²) in [5.41, 5.74) is 2.87. The monoisotopic (exact) mass is 307 g/mol. The van der Waals surface area contributed by atoms with Crippen LogP contribution in [0.4, 0.5) is 20.2 Å². The number of nitrogens with one attached hydrogen (secondary N) is 1. The van der Waals surface area contributed by atoms with Crippen molar-refractivity contribution < 1.29 is 18.4 Å². The first-order valence-corrected chi connectivity index (χ1v) is 6.14. The Labute approximate surface area is 124 Å². The lowest BCUT2D eigenvalue weighted by Crippen LogP contribution is -2.04. The lowest BCUT2D eigenvalue weighted by Gasteiger charge is -2.07. The summed E-state index contributed by atoms with van der Waals surface area (Å²) in [6.07, 6.45) is 1.24. The summed E-state index contributed by atoms with van der Waals surface area (Å²) in [5.74, 6) is -0.0365. The summed E-state index contributed by atoms with van der Waals surface area (Å²) in [4.78, 5) is 10.3. The number of rotatable bonds is 6. The van der Waals surface area contributed by atoms with Crippen LogP contribution in [0, 0.1) is 10.1 Å². The SMILES string of the molecule is O=[N+]([O-])c1ccccc1N/N=C\c1ccccc1OC(F)F. The molecule has 8 heteroatoms. The number of para-hydroxylation sites is 3. The van der Waals surface area contributed by atoms with Crippen LogP contribution in [-0.4, -0.2) is 17.7 Å². The van der Waals surface area contributed by atoms with Crippen molar-refractivity contribution >= 4 is 17.6 Å². The fourth-order valence-corrected chi connectivity index (χ4v) is 1.69. The van der Waals surface area contributed by atoms with Gasteiger partial charge in [-0.1, -0.05) is 24.3 Å². The van der Waals surface area contributed by atoms with Gasteiger partial charge >= 0.3 is 6.61 Å². The van der Waals surface area contributed by atoms with E-state index >= 15 is 0 Å². The molecular weight excluding hydrogens is 296 g/mol. The zero-order valence-corrected chi connectivity index (χ0v) is 11.1. The fraction of sp³-hybridized carbons (Fsp3) is 0.0714. The predicted octanol–water partition coefficient (Wildman–Crippen LogP) is 3.64. The van der Waals surface area contributed by atoms with Gasteiger partial charge in [-0.2, -0.15) is 13.9 Å². The first-order chi connectivity index (χ1) is 10.6. The van der Waals surface area contributed by atoms with Gasteiger partial charge < -0.3 is 4.74 Å². The number of nitrogens with zero attached hydrogens (tertiary/aromatic N) is 2. The quantitative estimate of drug-likeness (QED) is 0.502. The zero-order valence-electron chi connectivity index (χ0n) is 11.1. The minimum atomic E-state index is -2.95. The third-order valence-electron chi connectivity index (χ3n) is 2.62. The fourth-order valence-electron chi connectivity index (χ4n) is 1.69. The number of alkyl halides is 2. The number of halogens is 2. The van der Waals surface area contributed by atoms with Crippen LogP contribution in [0.3, 0.4) is 0 Å². The molecule has 0 aromatic heterocycles. The highest BCUT2D eigenvalue weighted by atomic mass is 19.3. The van der Waals surface area contributed by atoms with E-state index < -0.39 is 11.5 Å². The maximum Gasteiger partial charge on any atom is 0.387 e. The molecule has 0 saturated heterocycles. The van der Waals surface area contributed by atoms with Crippen LogP contribution in [0.2, 0.25) is 0 Å². The van der Waals surface area contributed by atoms with Crippen molar-refractivity contribution in [1.29, 1.82) is 0 Å². The molecule has 114 valence electrons. The minimum Gasteiger partial charge on any atom is -0.434 e. The molecule has 0 aliphatic heterocycles. The van der Waals surface area contributed by atoms with E-state index in [-0.39, 0.29) is 17.1 Å². The van der Waals surface area contributed by atoms with Crippen LogP contribution < -0.4 is 10.2 Å². The number of hydrogen-bond acceptors (Lipinski definition) is 5. The van der Waals surface area contributed by atoms with Crippen molar-refractivity contribution in [2.24, 2.45) is 5.10 Å². The molecular formula is C14H11F2N3O3. The Morgan fingerprint density at radius 1 is 1.18 bits per heavy atom. The van der Waals surface area contributed by atoms with Crippen LogP contribution in [-0.2, 0) is 0 Å². The Hall–Kier alpha value is -3.03. The van der Waals surface area contributed by atoms with E-state index in [1.165, 1.54) is 36.5 Å². The molecule has 0 unspecified atom stereocenters. The van der Waals surface area contributed by atoms with Gasteiger partial charge in [-0.3, -0.25) is 15.5 Å². The molecule has 0 aliphatic rings. The molecule has 0 spiro atoms. The van der Waals surface area contributed by atoms with Gasteiger partial charge in [0.1, 0.15) is 11.4 Å². The predicted molar refractivity (Wildman–Crippen MR) is 77.4 cm³/mol. The number of nitro groups is 1. The molecule has 0 fully saturated rings.